The highest BCUT2D eigenvalue weighted by Gasteiger charge is 2.18. The van der Waals surface area contributed by atoms with E-state index in [-0.39, 0.29) is 5.54 Å². The Morgan fingerprint density at radius 2 is 2.27 bits per heavy atom. The second-order valence-electron chi connectivity index (χ2n) is 3.22. The van der Waals surface area contributed by atoms with Gasteiger partial charge in [0.1, 0.15) is 0 Å². The summed E-state index contributed by atoms with van der Waals surface area (Å²) in [6.07, 6.45) is 5.52. The summed E-state index contributed by atoms with van der Waals surface area (Å²) in [5.74, 6) is 0. The molecule has 0 unspecified atom stereocenters. The molecule has 0 saturated carbocycles. The van der Waals surface area contributed by atoms with Crippen LogP contribution in [0.2, 0.25) is 0 Å². The van der Waals surface area contributed by atoms with Gasteiger partial charge in [0.05, 0.1) is 18.5 Å². The first-order valence-electron chi connectivity index (χ1n) is 3.64. The Morgan fingerprint density at radius 1 is 1.55 bits per heavy atom. The van der Waals surface area contributed by atoms with Gasteiger partial charge in [0.2, 0.25) is 0 Å². The van der Waals surface area contributed by atoms with Crippen molar-refractivity contribution in [2.45, 2.75) is 19.4 Å². The molecule has 1 rings (SSSR count). The van der Waals surface area contributed by atoms with E-state index in [1.165, 1.54) is 0 Å². The van der Waals surface area contributed by atoms with Crippen molar-refractivity contribution in [1.82, 2.24) is 9.55 Å². The molecule has 0 amide bonds. The van der Waals surface area contributed by atoms with Crippen molar-refractivity contribution in [2.24, 2.45) is 0 Å². The van der Waals surface area contributed by atoms with Crippen molar-refractivity contribution in [3.05, 3.63) is 18.7 Å². The van der Waals surface area contributed by atoms with E-state index in [9.17, 15) is 0 Å². The van der Waals surface area contributed by atoms with Crippen LogP contribution in [0.3, 0.4) is 0 Å². The summed E-state index contributed by atoms with van der Waals surface area (Å²) >= 11 is 0. The molecule has 0 bridgehead atoms. The number of aromatic nitrogens is 2. The van der Waals surface area contributed by atoms with Gasteiger partial charge in [-0.25, -0.2) is 4.98 Å². The van der Waals surface area contributed by atoms with Crippen LogP contribution in [0.5, 0.6) is 0 Å². The molecule has 62 valence electrons. The molecule has 0 fully saturated rings. The van der Waals surface area contributed by atoms with Gasteiger partial charge in [0, 0.05) is 19.5 Å². The molecule has 0 aliphatic heterocycles. The first-order chi connectivity index (χ1) is 5.17. The van der Waals surface area contributed by atoms with E-state index in [0.29, 0.717) is 6.61 Å². The van der Waals surface area contributed by atoms with E-state index in [4.69, 9.17) is 4.74 Å². The number of rotatable bonds is 3. The topological polar surface area (TPSA) is 27.1 Å². The summed E-state index contributed by atoms with van der Waals surface area (Å²) < 4.78 is 7.12. The summed E-state index contributed by atoms with van der Waals surface area (Å²) in [5, 5.41) is 0. The molecule has 11 heavy (non-hydrogen) atoms. The lowest BCUT2D eigenvalue weighted by molar-refractivity contribution is 0.109. The van der Waals surface area contributed by atoms with Gasteiger partial charge in [-0.2, -0.15) is 0 Å². The number of ether oxygens (including phenoxy) is 1. The Balaban J connectivity index is 2.73. The first-order valence-corrected chi connectivity index (χ1v) is 3.64. The fraction of sp³-hybridized carbons (Fsp3) is 0.625. The van der Waals surface area contributed by atoms with Gasteiger partial charge in [-0.15, -0.1) is 0 Å². The molecule has 0 aliphatic rings. The Bertz CT molecular complexity index is 204. The third-order valence-corrected chi connectivity index (χ3v) is 1.70. The standard InChI is InChI=1S/C8H14N2O/c1-8(2,6-11-3)10-5-4-9-7-10/h4-5,7H,6H2,1-3H3. The largest absolute Gasteiger partial charge is 0.382 e. The van der Waals surface area contributed by atoms with Gasteiger partial charge in [0.15, 0.2) is 0 Å². The van der Waals surface area contributed by atoms with Crippen LogP contribution in [0.15, 0.2) is 18.7 Å². The van der Waals surface area contributed by atoms with Crippen LogP contribution < -0.4 is 0 Å². The Kier molecular flexibility index (Phi) is 2.29. The minimum Gasteiger partial charge on any atom is -0.382 e. The van der Waals surface area contributed by atoms with Crippen LogP contribution in [0, 0.1) is 0 Å². The number of imidazole rings is 1. The van der Waals surface area contributed by atoms with Crippen LogP contribution in [-0.4, -0.2) is 23.3 Å². The number of nitrogens with zero attached hydrogens (tertiary/aromatic N) is 2. The lowest BCUT2D eigenvalue weighted by atomic mass is 10.1. The average Bonchev–Trinajstić information content (AvgIpc) is 2.37. The maximum Gasteiger partial charge on any atom is 0.0951 e. The van der Waals surface area contributed by atoms with Gasteiger partial charge in [-0.05, 0) is 13.8 Å². The molecule has 0 aromatic carbocycles. The van der Waals surface area contributed by atoms with Crippen LogP contribution >= 0.6 is 0 Å². The van der Waals surface area contributed by atoms with Gasteiger partial charge >= 0.3 is 0 Å². The number of hydrogen-bond acceptors (Lipinski definition) is 2. The third-order valence-electron chi connectivity index (χ3n) is 1.70. The number of methoxy groups -OCH3 is 1. The molecule has 0 saturated heterocycles. The quantitative estimate of drug-likeness (QED) is 0.655. The average molecular weight is 154 g/mol. The van der Waals surface area contributed by atoms with Crippen molar-refractivity contribution in [3.63, 3.8) is 0 Å². The Morgan fingerprint density at radius 3 is 2.73 bits per heavy atom. The molecule has 3 nitrogen and oxygen atoms in total. The van der Waals surface area contributed by atoms with Crippen molar-refractivity contribution < 1.29 is 4.74 Å². The van der Waals surface area contributed by atoms with E-state index in [0.717, 1.165) is 0 Å². The fourth-order valence-electron chi connectivity index (χ4n) is 1.04. The highest BCUT2D eigenvalue weighted by molar-refractivity contribution is 4.85. The summed E-state index contributed by atoms with van der Waals surface area (Å²) in [4.78, 5) is 3.98. The second-order valence-corrected chi connectivity index (χ2v) is 3.22. The molecule has 0 aliphatic carbocycles. The molecule has 0 N–H and O–H groups in total. The van der Waals surface area contributed by atoms with Crippen LogP contribution in [0.1, 0.15) is 13.8 Å². The van der Waals surface area contributed by atoms with Gasteiger partial charge < -0.3 is 9.30 Å². The molecule has 0 spiro atoms. The van der Waals surface area contributed by atoms with Gasteiger partial charge in [-0.1, -0.05) is 0 Å². The zero-order valence-electron chi connectivity index (χ0n) is 7.24. The van der Waals surface area contributed by atoms with Gasteiger partial charge in [-0.3, -0.25) is 0 Å². The van der Waals surface area contributed by atoms with E-state index in [1.807, 2.05) is 10.8 Å². The van der Waals surface area contributed by atoms with E-state index < -0.39 is 0 Å². The SMILES string of the molecule is COCC(C)(C)n1ccnc1. The van der Waals surface area contributed by atoms with Crippen molar-refractivity contribution >= 4 is 0 Å². The summed E-state index contributed by atoms with van der Waals surface area (Å²) in [6.45, 7) is 4.92. The third kappa shape index (κ3) is 1.80. The molecule has 1 heterocycles. The van der Waals surface area contributed by atoms with Crippen molar-refractivity contribution in [3.8, 4) is 0 Å². The fourth-order valence-corrected chi connectivity index (χ4v) is 1.04. The molecule has 1 aromatic rings. The molecular formula is C8H14N2O. The molecule has 0 atom stereocenters. The normalized spacial score (nSPS) is 11.9. The first kappa shape index (κ1) is 8.27. The minimum atomic E-state index is 0.00521. The predicted molar refractivity (Wildman–Crippen MR) is 43.4 cm³/mol. The minimum absolute atomic E-state index is 0.00521. The lowest BCUT2D eigenvalue weighted by Gasteiger charge is -2.25. The molecule has 1 aromatic heterocycles. The van der Waals surface area contributed by atoms with E-state index in [2.05, 4.69) is 18.8 Å². The highest BCUT2D eigenvalue weighted by Crippen LogP contribution is 2.13. The Hall–Kier alpha value is -0.830. The van der Waals surface area contributed by atoms with E-state index >= 15 is 0 Å². The maximum absolute atomic E-state index is 5.08. The number of hydrogen-bond donors (Lipinski definition) is 0. The summed E-state index contributed by atoms with van der Waals surface area (Å²) in [5.41, 5.74) is 0.00521. The second kappa shape index (κ2) is 3.05. The van der Waals surface area contributed by atoms with E-state index in [1.54, 1.807) is 19.6 Å². The summed E-state index contributed by atoms with van der Waals surface area (Å²) in [7, 11) is 1.71. The Labute approximate surface area is 67.0 Å². The molecule has 3 heteroatoms. The van der Waals surface area contributed by atoms with Crippen LogP contribution in [-0.2, 0) is 10.3 Å². The molecular weight excluding hydrogens is 140 g/mol. The van der Waals surface area contributed by atoms with Crippen molar-refractivity contribution in [2.75, 3.05) is 13.7 Å². The molecule has 0 radical (unpaired) electrons. The summed E-state index contributed by atoms with van der Waals surface area (Å²) in [6, 6.07) is 0. The zero-order valence-corrected chi connectivity index (χ0v) is 7.24. The monoisotopic (exact) mass is 154 g/mol. The van der Waals surface area contributed by atoms with Crippen molar-refractivity contribution in [1.29, 1.82) is 0 Å². The lowest BCUT2D eigenvalue weighted by Crippen LogP contribution is -2.30. The van der Waals surface area contributed by atoms with Crippen LogP contribution in [0.4, 0.5) is 0 Å². The maximum atomic E-state index is 5.08. The zero-order chi connectivity index (χ0) is 8.32. The van der Waals surface area contributed by atoms with Gasteiger partial charge in [0.25, 0.3) is 0 Å². The predicted octanol–water partition coefficient (Wildman–Crippen LogP) is 1.26. The van der Waals surface area contributed by atoms with Crippen LogP contribution in [0.25, 0.3) is 0 Å². The smallest absolute Gasteiger partial charge is 0.0951 e. The highest BCUT2D eigenvalue weighted by atomic mass is 16.5.